The Kier molecular flexibility index (Phi) is 5.04. The van der Waals surface area contributed by atoms with Gasteiger partial charge in [-0.1, -0.05) is 30.8 Å². The summed E-state index contributed by atoms with van der Waals surface area (Å²) < 4.78 is 12.9. The van der Waals surface area contributed by atoms with E-state index in [-0.39, 0.29) is 11.8 Å². The SMILES string of the molecule is Cc1ccc(C(=O)NC2(c3noc(C4CCOC4)n3)CCCCCC2)n1C. The highest BCUT2D eigenvalue weighted by Crippen LogP contribution is 2.36. The molecule has 2 aromatic rings. The van der Waals surface area contributed by atoms with Gasteiger partial charge in [-0.05, 0) is 38.3 Å². The molecule has 1 atom stereocenters. The van der Waals surface area contributed by atoms with Crippen LogP contribution in [0.2, 0.25) is 0 Å². The summed E-state index contributed by atoms with van der Waals surface area (Å²) in [5, 5.41) is 7.60. The van der Waals surface area contributed by atoms with Crippen molar-refractivity contribution in [2.24, 2.45) is 7.05 Å². The molecule has 1 saturated carbocycles. The topological polar surface area (TPSA) is 82.2 Å². The number of aromatic nitrogens is 3. The first kappa shape index (κ1) is 18.2. The Hall–Kier alpha value is -2.15. The Labute approximate surface area is 159 Å². The van der Waals surface area contributed by atoms with Gasteiger partial charge in [-0.2, -0.15) is 4.98 Å². The second-order valence-electron chi connectivity index (χ2n) is 7.89. The Morgan fingerprint density at radius 2 is 2.04 bits per heavy atom. The summed E-state index contributed by atoms with van der Waals surface area (Å²) in [6.45, 7) is 3.36. The van der Waals surface area contributed by atoms with Gasteiger partial charge in [-0.25, -0.2) is 0 Å². The van der Waals surface area contributed by atoms with Crippen LogP contribution in [-0.4, -0.2) is 33.8 Å². The third-order valence-corrected chi connectivity index (χ3v) is 6.06. The molecule has 7 nitrogen and oxygen atoms in total. The molecular formula is C20H28N4O3. The van der Waals surface area contributed by atoms with Gasteiger partial charge in [0.25, 0.3) is 5.91 Å². The van der Waals surface area contributed by atoms with Crippen molar-refractivity contribution in [3.8, 4) is 0 Å². The van der Waals surface area contributed by atoms with Gasteiger partial charge in [0.2, 0.25) is 5.89 Å². The second kappa shape index (κ2) is 7.46. The molecule has 1 aliphatic heterocycles. The largest absolute Gasteiger partial charge is 0.381 e. The molecule has 1 amide bonds. The summed E-state index contributed by atoms with van der Waals surface area (Å²) in [4.78, 5) is 17.8. The first-order valence-electron chi connectivity index (χ1n) is 9.96. The first-order valence-corrected chi connectivity index (χ1v) is 9.96. The van der Waals surface area contributed by atoms with Crippen molar-refractivity contribution in [3.63, 3.8) is 0 Å². The molecule has 2 fully saturated rings. The molecule has 2 aliphatic rings. The molecule has 1 unspecified atom stereocenters. The van der Waals surface area contributed by atoms with E-state index in [1.165, 1.54) is 12.8 Å². The van der Waals surface area contributed by atoms with Crippen molar-refractivity contribution < 1.29 is 14.1 Å². The Morgan fingerprint density at radius 3 is 2.67 bits per heavy atom. The fourth-order valence-electron chi connectivity index (χ4n) is 4.18. The van der Waals surface area contributed by atoms with Crippen LogP contribution in [-0.2, 0) is 17.3 Å². The Bertz CT molecular complexity index is 796. The molecule has 1 saturated heterocycles. The number of ether oxygens (including phenoxy) is 1. The van der Waals surface area contributed by atoms with Crippen molar-refractivity contribution in [3.05, 3.63) is 35.2 Å². The van der Waals surface area contributed by atoms with Crippen molar-refractivity contribution >= 4 is 5.91 Å². The average Bonchev–Trinajstić information content (AvgIpc) is 3.37. The van der Waals surface area contributed by atoms with Crippen LogP contribution in [0.5, 0.6) is 0 Å². The maximum absolute atomic E-state index is 13.1. The van der Waals surface area contributed by atoms with E-state index in [1.807, 2.05) is 30.7 Å². The zero-order chi connectivity index (χ0) is 18.9. The van der Waals surface area contributed by atoms with Crippen LogP contribution in [0.15, 0.2) is 16.7 Å². The molecule has 1 N–H and O–H groups in total. The monoisotopic (exact) mass is 372 g/mol. The fraction of sp³-hybridized carbons (Fsp3) is 0.650. The number of hydrogen-bond acceptors (Lipinski definition) is 5. The number of nitrogens with one attached hydrogen (secondary N) is 1. The van der Waals surface area contributed by atoms with Gasteiger partial charge >= 0.3 is 0 Å². The van der Waals surface area contributed by atoms with Crippen molar-refractivity contribution in [2.45, 2.75) is 63.3 Å². The molecule has 7 heteroatoms. The predicted octanol–water partition coefficient (Wildman–Crippen LogP) is 3.20. The molecule has 27 heavy (non-hydrogen) atoms. The lowest BCUT2D eigenvalue weighted by atomic mass is 9.89. The molecule has 4 rings (SSSR count). The predicted molar refractivity (Wildman–Crippen MR) is 99.5 cm³/mol. The van der Waals surface area contributed by atoms with E-state index in [2.05, 4.69) is 10.5 Å². The number of nitrogens with zero attached hydrogens (tertiary/aromatic N) is 3. The lowest BCUT2D eigenvalue weighted by Crippen LogP contribution is -2.47. The van der Waals surface area contributed by atoms with E-state index in [0.717, 1.165) is 44.4 Å². The van der Waals surface area contributed by atoms with Crippen LogP contribution in [0, 0.1) is 6.92 Å². The van der Waals surface area contributed by atoms with E-state index in [9.17, 15) is 4.79 Å². The van der Waals surface area contributed by atoms with Crippen LogP contribution in [0.4, 0.5) is 0 Å². The number of aryl methyl sites for hydroxylation is 1. The first-order chi connectivity index (χ1) is 13.1. The average molecular weight is 372 g/mol. The molecule has 0 spiro atoms. The molecule has 0 radical (unpaired) electrons. The molecule has 3 heterocycles. The van der Waals surface area contributed by atoms with Crippen LogP contribution < -0.4 is 5.32 Å². The van der Waals surface area contributed by atoms with Crippen LogP contribution in [0.25, 0.3) is 0 Å². The normalized spacial score (nSPS) is 22.5. The zero-order valence-electron chi connectivity index (χ0n) is 16.2. The number of hydrogen-bond donors (Lipinski definition) is 1. The standard InChI is InChI=1S/C20H28N4O3/c1-14-7-8-16(24(14)2)17(25)22-20(10-5-3-4-6-11-20)19-21-18(27-23-19)15-9-12-26-13-15/h7-8,15H,3-6,9-13H2,1-2H3,(H,22,25). The van der Waals surface area contributed by atoms with Gasteiger partial charge in [0.1, 0.15) is 11.2 Å². The van der Waals surface area contributed by atoms with Gasteiger partial charge in [0.15, 0.2) is 5.82 Å². The van der Waals surface area contributed by atoms with E-state index in [1.54, 1.807) is 0 Å². The van der Waals surface area contributed by atoms with Crippen molar-refractivity contribution in [1.82, 2.24) is 20.0 Å². The molecule has 1 aliphatic carbocycles. The van der Waals surface area contributed by atoms with E-state index >= 15 is 0 Å². The highest BCUT2D eigenvalue weighted by Gasteiger charge is 2.40. The van der Waals surface area contributed by atoms with Crippen molar-refractivity contribution in [2.75, 3.05) is 13.2 Å². The minimum absolute atomic E-state index is 0.0805. The van der Waals surface area contributed by atoms with Crippen molar-refractivity contribution in [1.29, 1.82) is 0 Å². The maximum atomic E-state index is 13.1. The van der Waals surface area contributed by atoms with Crippen LogP contribution in [0.3, 0.4) is 0 Å². The molecule has 2 aromatic heterocycles. The lowest BCUT2D eigenvalue weighted by Gasteiger charge is -2.30. The lowest BCUT2D eigenvalue weighted by molar-refractivity contribution is 0.0868. The molecule has 146 valence electrons. The fourth-order valence-corrected chi connectivity index (χ4v) is 4.18. The van der Waals surface area contributed by atoms with E-state index in [4.69, 9.17) is 14.2 Å². The summed E-state index contributed by atoms with van der Waals surface area (Å²) >= 11 is 0. The third-order valence-electron chi connectivity index (χ3n) is 6.06. The summed E-state index contributed by atoms with van der Waals surface area (Å²) in [6, 6.07) is 3.83. The molecule has 0 bridgehead atoms. The highest BCUT2D eigenvalue weighted by molar-refractivity contribution is 5.93. The summed E-state index contributed by atoms with van der Waals surface area (Å²) in [6.07, 6.45) is 7.00. The highest BCUT2D eigenvalue weighted by atomic mass is 16.5. The minimum Gasteiger partial charge on any atom is -0.381 e. The minimum atomic E-state index is -0.563. The number of carbonyl (C=O) groups excluding carboxylic acids is 1. The van der Waals surface area contributed by atoms with Gasteiger partial charge < -0.3 is 19.1 Å². The number of amides is 1. The molecular weight excluding hydrogens is 344 g/mol. The van der Waals surface area contributed by atoms with E-state index < -0.39 is 5.54 Å². The quantitative estimate of drug-likeness (QED) is 0.834. The molecule has 0 aromatic carbocycles. The summed E-state index contributed by atoms with van der Waals surface area (Å²) in [5.74, 6) is 1.34. The Balaban J connectivity index is 1.63. The summed E-state index contributed by atoms with van der Waals surface area (Å²) in [5.41, 5.74) is 1.15. The smallest absolute Gasteiger partial charge is 0.268 e. The maximum Gasteiger partial charge on any atom is 0.268 e. The second-order valence-corrected chi connectivity index (χ2v) is 7.89. The van der Waals surface area contributed by atoms with Crippen LogP contribution in [0.1, 0.15) is 78.8 Å². The van der Waals surface area contributed by atoms with Crippen LogP contribution >= 0.6 is 0 Å². The van der Waals surface area contributed by atoms with Gasteiger partial charge in [0.05, 0.1) is 12.5 Å². The third kappa shape index (κ3) is 3.52. The van der Waals surface area contributed by atoms with Gasteiger partial charge in [-0.3, -0.25) is 4.79 Å². The number of rotatable bonds is 4. The van der Waals surface area contributed by atoms with E-state index in [0.29, 0.717) is 24.0 Å². The summed E-state index contributed by atoms with van der Waals surface area (Å²) in [7, 11) is 1.91. The zero-order valence-corrected chi connectivity index (χ0v) is 16.2. The van der Waals surface area contributed by atoms with Gasteiger partial charge in [0, 0.05) is 19.3 Å². The van der Waals surface area contributed by atoms with Gasteiger partial charge in [-0.15, -0.1) is 0 Å². The Morgan fingerprint density at radius 1 is 1.26 bits per heavy atom. The number of carbonyl (C=O) groups is 1.